The van der Waals surface area contributed by atoms with Crippen molar-refractivity contribution in [1.82, 2.24) is 10.2 Å². The first-order valence-electron chi connectivity index (χ1n) is 6.93. The molecule has 0 N–H and O–H groups in total. The minimum absolute atomic E-state index is 0.125. The Morgan fingerprint density at radius 3 is 2.43 bits per heavy atom. The highest BCUT2D eigenvalue weighted by Crippen LogP contribution is 2.27. The van der Waals surface area contributed by atoms with Crippen LogP contribution in [0.2, 0.25) is 0 Å². The molecule has 0 saturated carbocycles. The van der Waals surface area contributed by atoms with Crippen LogP contribution >= 0.6 is 11.3 Å². The fraction of sp³-hybridized carbons (Fsp3) is 0.357. The monoisotopic (exact) mass is 337 g/mol. The number of nitrogens with zero attached hydrogens (tertiary/aromatic N) is 3. The van der Waals surface area contributed by atoms with E-state index in [1.54, 1.807) is 32.0 Å². The molecule has 0 bridgehead atoms. The summed E-state index contributed by atoms with van der Waals surface area (Å²) in [7, 11) is 0. The first-order chi connectivity index (χ1) is 11.1. The topological polar surface area (TPSA) is 105 Å². The summed E-state index contributed by atoms with van der Waals surface area (Å²) in [6.07, 6.45) is 1.32. The molecule has 0 amide bonds. The number of hydrogen-bond donors (Lipinski definition) is 0. The van der Waals surface area contributed by atoms with E-state index < -0.39 is 17.9 Å². The zero-order chi connectivity index (χ0) is 16.8. The van der Waals surface area contributed by atoms with Crippen LogP contribution in [0.4, 0.5) is 0 Å². The van der Waals surface area contributed by atoms with Crippen molar-refractivity contribution in [2.75, 3.05) is 13.2 Å². The average molecular weight is 337 g/mol. The summed E-state index contributed by atoms with van der Waals surface area (Å²) in [6.45, 7) is 3.52. The SMILES string of the molecule is CCOC(=O)C(C(=O)OCC)c1nnc(-c2cccc[n+]2[O-])s1. The molecular weight excluding hydrogens is 322 g/mol. The lowest BCUT2D eigenvalue weighted by atomic mass is 10.1. The molecule has 0 atom stereocenters. The molecule has 2 heterocycles. The van der Waals surface area contributed by atoms with Gasteiger partial charge in [-0.15, -0.1) is 10.2 Å². The van der Waals surface area contributed by atoms with Crippen molar-refractivity contribution in [3.05, 3.63) is 34.6 Å². The Balaban J connectivity index is 2.35. The normalized spacial score (nSPS) is 10.6. The van der Waals surface area contributed by atoms with Gasteiger partial charge in [-0.3, -0.25) is 9.59 Å². The van der Waals surface area contributed by atoms with Crippen LogP contribution in [0.15, 0.2) is 24.4 Å². The largest absolute Gasteiger partial charge is 0.618 e. The summed E-state index contributed by atoms with van der Waals surface area (Å²) in [5.74, 6) is -2.81. The lowest BCUT2D eigenvalue weighted by Crippen LogP contribution is -2.27. The number of pyridine rings is 1. The van der Waals surface area contributed by atoms with Crippen LogP contribution in [-0.4, -0.2) is 35.3 Å². The van der Waals surface area contributed by atoms with Gasteiger partial charge in [0.15, 0.2) is 6.20 Å². The van der Waals surface area contributed by atoms with Gasteiger partial charge in [-0.2, -0.15) is 4.73 Å². The summed E-state index contributed by atoms with van der Waals surface area (Å²) >= 11 is 0.972. The van der Waals surface area contributed by atoms with Gasteiger partial charge >= 0.3 is 11.9 Å². The summed E-state index contributed by atoms with van der Waals surface area (Å²) in [4.78, 5) is 24.0. The molecule has 23 heavy (non-hydrogen) atoms. The van der Waals surface area contributed by atoms with Crippen LogP contribution in [0.25, 0.3) is 10.7 Å². The van der Waals surface area contributed by atoms with Gasteiger partial charge in [-0.1, -0.05) is 11.3 Å². The molecule has 0 spiro atoms. The summed E-state index contributed by atoms with van der Waals surface area (Å²) < 4.78 is 10.4. The van der Waals surface area contributed by atoms with Crippen molar-refractivity contribution in [3.8, 4) is 10.7 Å². The third kappa shape index (κ3) is 3.81. The quantitative estimate of drug-likeness (QED) is 0.336. The Bertz CT molecular complexity index is 685. The summed E-state index contributed by atoms with van der Waals surface area (Å²) in [5.41, 5.74) is 0.280. The zero-order valence-electron chi connectivity index (χ0n) is 12.6. The predicted octanol–water partition coefficient (Wildman–Crippen LogP) is 1.05. The van der Waals surface area contributed by atoms with Crippen molar-refractivity contribution in [1.29, 1.82) is 0 Å². The number of ether oxygens (including phenoxy) is 2. The van der Waals surface area contributed by atoms with E-state index in [9.17, 15) is 14.8 Å². The fourth-order valence-electron chi connectivity index (χ4n) is 1.80. The van der Waals surface area contributed by atoms with Gasteiger partial charge in [0.05, 0.1) is 13.2 Å². The van der Waals surface area contributed by atoms with Gasteiger partial charge in [-0.05, 0) is 19.9 Å². The van der Waals surface area contributed by atoms with E-state index in [1.807, 2.05) is 0 Å². The standard InChI is InChI=1S/C14H15N3O5S/c1-3-21-13(18)10(14(19)22-4-2)12-16-15-11(23-12)9-7-5-6-8-17(9)20/h5-8,10H,3-4H2,1-2H3. The number of carbonyl (C=O) groups excluding carboxylic acids is 2. The Hall–Kier alpha value is -2.55. The van der Waals surface area contributed by atoms with Gasteiger partial charge in [0, 0.05) is 12.1 Å². The van der Waals surface area contributed by atoms with Crippen molar-refractivity contribution in [2.24, 2.45) is 0 Å². The van der Waals surface area contributed by atoms with Gasteiger partial charge in [-0.25, -0.2) is 0 Å². The molecule has 2 aromatic rings. The van der Waals surface area contributed by atoms with Crippen LogP contribution in [0, 0.1) is 5.21 Å². The van der Waals surface area contributed by atoms with Crippen LogP contribution in [0.3, 0.4) is 0 Å². The number of hydrogen-bond acceptors (Lipinski definition) is 8. The van der Waals surface area contributed by atoms with Crippen molar-refractivity contribution in [2.45, 2.75) is 19.8 Å². The Morgan fingerprint density at radius 1 is 1.22 bits per heavy atom. The third-order valence-electron chi connectivity index (χ3n) is 2.78. The number of aromatic nitrogens is 3. The van der Waals surface area contributed by atoms with Crippen LogP contribution in [0.5, 0.6) is 0 Å². The zero-order valence-corrected chi connectivity index (χ0v) is 13.4. The van der Waals surface area contributed by atoms with Crippen molar-refractivity contribution < 1.29 is 23.8 Å². The highest BCUT2D eigenvalue weighted by atomic mass is 32.1. The second kappa shape index (κ2) is 7.63. The van der Waals surface area contributed by atoms with Crippen LogP contribution < -0.4 is 4.73 Å². The summed E-state index contributed by atoms with van der Waals surface area (Å²) in [6, 6.07) is 4.83. The lowest BCUT2D eigenvalue weighted by molar-refractivity contribution is -0.593. The van der Waals surface area contributed by atoms with Crippen LogP contribution in [0.1, 0.15) is 24.8 Å². The second-order valence-corrected chi connectivity index (χ2v) is 5.30. The summed E-state index contributed by atoms with van der Waals surface area (Å²) in [5, 5.41) is 19.9. The van der Waals surface area contributed by atoms with E-state index in [4.69, 9.17) is 9.47 Å². The van der Waals surface area contributed by atoms with Gasteiger partial charge in [0.2, 0.25) is 10.9 Å². The predicted molar refractivity (Wildman–Crippen MR) is 80.3 cm³/mol. The number of rotatable bonds is 6. The number of esters is 2. The van der Waals surface area contributed by atoms with Crippen molar-refractivity contribution >= 4 is 23.3 Å². The Kier molecular flexibility index (Phi) is 5.58. The molecular formula is C14H15N3O5S. The molecule has 0 fully saturated rings. The molecule has 122 valence electrons. The molecule has 0 aliphatic rings. The van der Waals surface area contributed by atoms with Crippen LogP contribution in [-0.2, 0) is 19.1 Å². The molecule has 2 rings (SSSR count). The highest BCUT2D eigenvalue weighted by molar-refractivity contribution is 7.14. The fourth-order valence-corrected chi connectivity index (χ4v) is 2.73. The smallest absolute Gasteiger partial charge is 0.327 e. The molecule has 0 radical (unpaired) electrons. The molecule has 0 aliphatic heterocycles. The molecule has 0 unspecified atom stereocenters. The third-order valence-corrected chi connectivity index (χ3v) is 3.79. The van der Waals surface area contributed by atoms with Gasteiger partial charge in [0.1, 0.15) is 5.01 Å². The molecule has 0 aliphatic carbocycles. The Morgan fingerprint density at radius 2 is 1.87 bits per heavy atom. The molecule has 9 heteroatoms. The van der Waals surface area contributed by atoms with E-state index in [0.717, 1.165) is 11.3 Å². The minimum Gasteiger partial charge on any atom is -0.618 e. The van der Waals surface area contributed by atoms with E-state index in [2.05, 4.69) is 10.2 Å². The highest BCUT2D eigenvalue weighted by Gasteiger charge is 2.35. The molecule has 2 aromatic heterocycles. The first-order valence-corrected chi connectivity index (χ1v) is 7.75. The first kappa shape index (κ1) is 16.8. The maximum atomic E-state index is 12.0. The molecule has 8 nitrogen and oxygen atoms in total. The maximum Gasteiger partial charge on any atom is 0.327 e. The van der Waals surface area contributed by atoms with Gasteiger partial charge in [0.25, 0.3) is 5.69 Å². The van der Waals surface area contributed by atoms with Crippen molar-refractivity contribution in [3.63, 3.8) is 0 Å². The number of carbonyl (C=O) groups is 2. The molecule has 0 saturated heterocycles. The van der Waals surface area contributed by atoms with E-state index in [1.165, 1.54) is 6.20 Å². The Labute approximate surface area is 136 Å². The molecule has 0 aromatic carbocycles. The maximum absolute atomic E-state index is 12.0. The lowest BCUT2D eigenvalue weighted by Gasteiger charge is -2.11. The second-order valence-electron chi connectivity index (χ2n) is 4.29. The average Bonchev–Trinajstić information content (AvgIpc) is 2.97. The van der Waals surface area contributed by atoms with E-state index in [-0.39, 0.29) is 23.9 Å². The van der Waals surface area contributed by atoms with E-state index >= 15 is 0 Å². The minimum atomic E-state index is -1.30. The van der Waals surface area contributed by atoms with E-state index in [0.29, 0.717) is 9.74 Å². The van der Waals surface area contributed by atoms with Gasteiger partial charge < -0.3 is 14.7 Å².